The fourth-order valence-corrected chi connectivity index (χ4v) is 3.04. The number of carbonyl (C=O) groups is 1. The van der Waals surface area contributed by atoms with Gasteiger partial charge in [0.15, 0.2) is 12.2 Å². The highest BCUT2D eigenvalue weighted by Crippen LogP contribution is 2.25. The van der Waals surface area contributed by atoms with Crippen molar-refractivity contribution in [3.05, 3.63) is 84.7 Å². The Kier molecular flexibility index (Phi) is 4.96. The van der Waals surface area contributed by atoms with Gasteiger partial charge in [-0.25, -0.2) is 19.3 Å². The molecule has 0 saturated carbocycles. The molecule has 0 bridgehead atoms. The second-order valence-electron chi connectivity index (χ2n) is 6.63. The van der Waals surface area contributed by atoms with Crippen LogP contribution < -0.4 is 5.32 Å². The fourth-order valence-electron chi connectivity index (χ4n) is 3.04. The number of hydrogen-bond donors (Lipinski definition) is 1. The fraction of sp³-hybridized carbons (Fsp3) is 0.0476. The number of halogens is 1. The maximum absolute atomic E-state index is 14.2. The number of hydrogen-bond acceptors (Lipinski definition) is 8. The number of rotatable bonds is 6. The van der Waals surface area contributed by atoms with Gasteiger partial charge in [0.1, 0.15) is 29.3 Å². The predicted molar refractivity (Wildman–Crippen MR) is 109 cm³/mol. The van der Waals surface area contributed by atoms with E-state index in [0.29, 0.717) is 22.6 Å². The molecule has 10 nitrogen and oxygen atoms in total. The molecule has 1 amide bonds. The summed E-state index contributed by atoms with van der Waals surface area (Å²) in [5.74, 6) is -0.280. The third-order valence-electron chi connectivity index (χ3n) is 4.54. The van der Waals surface area contributed by atoms with E-state index in [1.54, 1.807) is 35.0 Å². The zero-order valence-electron chi connectivity index (χ0n) is 16.3. The molecule has 0 aliphatic heterocycles. The number of benzene rings is 1. The Morgan fingerprint density at radius 1 is 1.16 bits per heavy atom. The van der Waals surface area contributed by atoms with Crippen molar-refractivity contribution in [1.29, 1.82) is 0 Å². The van der Waals surface area contributed by atoms with E-state index in [-0.39, 0.29) is 29.8 Å². The largest absolute Gasteiger partial charge is 0.438 e. The van der Waals surface area contributed by atoms with Crippen LogP contribution in [-0.4, -0.2) is 35.8 Å². The van der Waals surface area contributed by atoms with Crippen LogP contribution in [0.25, 0.3) is 22.9 Å². The van der Waals surface area contributed by atoms with Gasteiger partial charge in [-0.2, -0.15) is 5.10 Å². The lowest BCUT2D eigenvalue weighted by atomic mass is 10.2. The molecule has 4 aromatic heterocycles. The van der Waals surface area contributed by atoms with Crippen LogP contribution in [0.2, 0.25) is 0 Å². The molecular weight excluding hydrogens is 417 g/mol. The molecule has 0 aliphatic carbocycles. The lowest BCUT2D eigenvalue weighted by Gasteiger charge is -2.06. The summed E-state index contributed by atoms with van der Waals surface area (Å²) in [7, 11) is 0. The standard InChI is InChI=1S/C21H14FN7O3/c22-14-4-2-1-3-13(14)11-29-17(15-6-8-32-28-15)9-16(27-29)20-24-7-5-19(25-20)26-21(30)18-10-23-12-31-18/h1-10,12H,11H2,(H,24,25,26,30). The van der Waals surface area contributed by atoms with E-state index in [2.05, 4.69) is 30.5 Å². The van der Waals surface area contributed by atoms with Crippen LogP contribution in [0.15, 0.2) is 76.5 Å². The van der Waals surface area contributed by atoms with Crippen LogP contribution in [-0.2, 0) is 6.54 Å². The van der Waals surface area contributed by atoms with Crippen molar-refractivity contribution in [3.8, 4) is 22.9 Å². The first kappa shape index (κ1) is 19.3. The van der Waals surface area contributed by atoms with Crippen molar-refractivity contribution in [1.82, 2.24) is 29.9 Å². The summed E-state index contributed by atoms with van der Waals surface area (Å²) >= 11 is 0. The van der Waals surface area contributed by atoms with E-state index in [1.165, 1.54) is 30.8 Å². The third-order valence-corrected chi connectivity index (χ3v) is 4.54. The summed E-state index contributed by atoms with van der Waals surface area (Å²) in [6, 6.07) is 11.4. The van der Waals surface area contributed by atoms with Gasteiger partial charge in [0.25, 0.3) is 5.91 Å². The Bertz CT molecular complexity index is 1360. The molecule has 158 valence electrons. The minimum Gasteiger partial charge on any atom is -0.438 e. The summed E-state index contributed by atoms with van der Waals surface area (Å²) in [5, 5.41) is 11.1. The highest BCUT2D eigenvalue weighted by molar-refractivity contribution is 6.01. The van der Waals surface area contributed by atoms with Crippen molar-refractivity contribution in [2.45, 2.75) is 6.54 Å². The molecule has 5 rings (SSSR count). The lowest BCUT2D eigenvalue weighted by molar-refractivity contribution is 0.0996. The maximum Gasteiger partial charge on any atom is 0.294 e. The average Bonchev–Trinajstić information content (AvgIpc) is 3.57. The topological polar surface area (TPSA) is 125 Å². The minimum absolute atomic E-state index is 0.0487. The van der Waals surface area contributed by atoms with Crippen LogP contribution >= 0.6 is 0 Å². The van der Waals surface area contributed by atoms with Crippen molar-refractivity contribution < 1.29 is 18.1 Å². The van der Waals surface area contributed by atoms with E-state index in [1.807, 2.05) is 0 Å². The Labute approximate surface area is 179 Å². The van der Waals surface area contributed by atoms with Crippen LogP contribution in [0.1, 0.15) is 16.1 Å². The molecule has 0 atom stereocenters. The van der Waals surface area contributed by atoms with Gasteiger partial charge in [-0.3, -0.25) is 9.48 Å². The molecule has 4 heterocycles. The first-order chi connectivity index (χ1) is 15.7. The Morgan fingerprint density at radius 3 is 2.84 bits per heavy atom. The van der Waals surface area contributed by atoms with Crippen LogP contribution in [0.5, 0.6) is 0 Å². The molecule has 5 aromatic rings. The molecule has 0 aliphatic rings. The van der Waals surface area contributed by atoms with Crippen molar-refractivity contribution in [2.24, 2.45) is 0 Å². The summed E-state index contributed by atoms with van der Waals surface area (Å²) < 4.78 is 25.7. The molecule has 11 heteroatoms. The number of anilines is 1. The number of oxazole rings is 1. The van der Waals surface area contributed by atoms with Crippen LogP contribution in [0, 0.1) is 5.82 Å². The van der Waals surface area contributed by atoms with E-state index in [0.717, 1.165) is 6.39 Å². The van der Waals surface area contributed by atoms with Gasteiger partial charge in [-0.15, -0.1) is 0 Å². The van der Waals surface area contributed by atoms with Gasteiger partial charge >= 0.3 is 0 Å². The summed E-state index contributed by atoms with van der Waals surface area (Å²) in [6.07, 6.45) is 5.38. The number of amides is 1. The molecule has 0 radical (unpaired) electrons. The first-order valence-corrected chi connectivity index (χ1v) is 9.42. The number of nitrogens with zero attached hydrogens (tertiary/aromatic N) is 6. The quantitative estimate of drug-likeness (QED) is 0.434. The molecule has 32 heavy (non-hydrogen) atoms. The second-order valence-corrected chi connectivity index (χ2v) is 6.63. The van der Waals surface area contributed by atoms with Gasteiger partial charge in [-0.1, -0.05) is 23.4 Å². The van der Waals surface area contributed by atoms with Crippen LogP contribution in [0.3, 0.4) is 0 Å². The third kappa shape index (κ3) is 3.86. The average molecular weight is 431 g/mol. The highest BCUT2D eigenvalue weighted by atomic mass is 19.1. The summed E-state index contributed by atoms with van der Waals surface area (Å²) in [6.45, 7) is 0.163. The van der Waals surface area contributed by atoms with E-state index < -0.39 is 5.91 Å². The zero-order chi connectivity index (χ0) is 21.9. The Hall–Kier alpha value is -4.67. The highest BCUT2D eigenvalue weighted by Gasteiger charge is 2.18. The molecule has 1 aromatic carbocycles. The Morgan fingerprint density at radius 2 is 2.06 bits per heavy atom. The SMILES string of the molecule is O=C(Nc1ccnc(-c2cc(-c3ccon3)n(Cc3ccccc3F)n2)n1)c1cnco1. The summed E-state index contributed by atoms with van der Waals surface area (Å²) in [4.78, 5) is 24.5. The molecule has 0 saturated heterocycles. The van der Waals surface area contributed by atoms with E-state index in [9.17, 15) is 9.18 Å². The second kappa shape index (κ2) is 8.22. The number of nitrogens with one attached hydrogen (secondary N) is 1. The van der Waals surface area contributed by atoms with Crippen molar-refractivity contribution >= 4 is 11.7 Å². The van der Waals surface area contributed by atoms with Gasteiger partial charge in [0.2, 0.25) is 5.76 Å². The Balaban J connectivity index is 1.49. The first-order valence-electron chi connectivity index (χ1n) is 9.42. The normalized spacial score (nSPS) is 10.9. The zero-order valence-corrected chi connectivity index (χ0v) is 16.3. The molecule has 1 N–H and O–H groups in total. The van der Waals surface area contributed by atoms with Gasteiger partial charge in [-0.05, 0) is 18.2 Å². The van der Waals surface area contributed by atoms with E-state index >= 15 is 0 Å². The molecule has 0 spiro atoms. The smallest absolute Gasteiger partial charge is 0.294 e. The van der Waals surface area contributed by atoms with Gasteiger partial charge < -0.3 is 14.3 Å². The summed E-state index contributed by atoms with van der Waals surface area (Å²) in [5.41, 5.74) is 1.99. The number of aromatic nitrogens is 6. The predicted octanol–water partition coefficient (Wildman–Crippen LogP) is 3.42. The van der Waals surface area contributed by atoms with Crippen molar-refractivity contribution in [2.75, 3.05) is 5.32 Å². The van der Waals surface area contributed by atoms with Gasteiger partial charge in [0.05, 0.1) is 18.4 Å². The van der Waals surface area contributed by atoms with Crippen LogP contribution in [0.4, 0.5) is 10.2 Å². The molecule has 0 fully saturated rings. The van der Waals surface area contributed by atoms with Crippen molar-refractivity contribution in [3.63, 3.8) is 0 Å². The number of carbonyl (C=O) groups excluding carboxylic acids is 1. The van der Waals surface area contributed by atoms with Gasteiger partial charge in [0, 0.05) is 17.8 Å². The molecule has 0 unspecified atom stereocenters. The lowest BCUT2D eigenvalue weighted by Crippen LogP contribution is -2.12. The minimum atomic E-state index is -0.500. The van der Waals surface area contributed by atoms with E-state index in [4.69, 9.17) is 8.94 Å². The maximum atomic E-state index is 14.2. The monoisotopic (exact) mass is 431 g/mol. The molecular formula is C21H14FN7O3.